The number of nitrogens with zero attached hydrogens (tertiary/aromatic N) is 2. The van der Waals surface area contributed by atoms with Gasteiger partial charge in [-0.2, -0.15) is 5.10 Å². The number of aromatic nitrogens is 2. The zero-order valence-electron chi connectivity index (χ0n) is 14.6. The molecule has 26 heavy (non-hydrogen) atoms. The minimum atomic E-state index is -0.477. The van der Waals surface area contributed by atoms with E-state index in [4.69, 9.17) is 4.74 Å². The summed E-state index contributed by atoms with van der Waals surface area (Å²) >= 11 is 0. The number of aryl methyl sites for hydroxylation is 1. The Morgan fingerprint density at radius 2 is 1.77 bits per heavy atom. The molecule has 3 aromatic rings. The van der Waals surface area contributed by atoms with Crippen molar-refractivity contribution in [1.29, 1.82) is 0 Å². The minimum absolute atomic E-state index is 0.266. The molecule has 0 radical (unpaired) electrons. The smallest absolute Gasteiger partial charge is 0.340 e. The molecule has 0 aliphatic heterocycles. The van der Waals surface area contributed by atoms with Crippen LogP contribution in [0.4, 0.5) is 5.69 Å². The van der Waals surface area contributed by atoms with Crippen molar-refractivity contribution in [1.82, 2.24) is 9.78 Å². The van der Waals surface area contributed by atoms with Gasteiger partial charge in [0.15, 0.2) is 5.69 Å². The minimum Gasteiger partial charge on any atom is -0.462 e. The number of anilines is 1. The molecule has 132 valence electrons. The number of ether oxygens (including phenoxy) is 1. The van der Waals surface area contributed by atoms with Gasteiger partial charge in [0.2, 0.25) is 0 Å². The van der Waals surface area contributed by atoms with Crippen molar-refractivity contribution in [3.05, 3.63) is 71.9 Å². The quantitative estimate of drug-likeness (QED) is 0.715. The second-order valence-corrected chi connectivity index (χ2v) is 5.62. The normalized spacial score (nSPS) is 10.4. The molecule has 1 N–H and O–H groups in total. The summed E-state index contributed by atoms with van der Waals surface area (Å²) in [6.45, 7) is 2.00. The van der Waals surface area contributed by atoms with Gasteiger partial charge in [-0.15, -0.1) is 0 Å². The third-order valence-corrected chi connectivity index (χ3v) is 3.85. The van der Waals surface area contributed by atoms with Gasteiger partial charge in [-0.05, 0) is 30.7 Å². The number of hydrogen-bond donors (Lipinski definition) is 1. The van der Waals surface area contributed by atoms with Crippen molar-refractivity contribution in [3.8, 4) is 11.3 Å². The van der Waals surface area contributed by atoms with Crippen LogP contribution in [-0.4, -0.2) is 28.3 Å². The highest BCUT2D eigenvalue weighted by molar-refractivity contribution is 6.07. The number of rotatable bonds is 5. The molecular weight excluding hydrogens is 330 g/mol. The van der Waals surface area contributed by atoms with Crippen molar-refractivity contribution < 1.29 is 14.3 Å². The Morgan fingerprint density at radius 1 is 1.08 bits per heavy atom. The first-order chi connectivity index (χ1) is 12.6. The van der Waals surface area contributed by atoms with Crippen LogP contribution in [0.5, 0.6) is 0 Å². The maximum atomic E-state index is 12.6. The van der Waals surface area contributed by atoms with Crippen molar-refractivity contribution in [2.75, 3.05) is 11.9 Å². The molecule has 0 aliphatic rings. The van der Waals surface area contributed by atoms with Gasteiger partial charge in [-0.25, -0.2) is 4.79 Å². The maximum Gasteiger partial charge on any atom is 0.340 e. The zero-order valence-corrected chi connectivity index (χ0v) is 14.6. The predicted octanol–water partition coefficient (Wildman–Crippen LogP) is 3.52. The van der Waals surface area contributed by atoms with E-state index in [1.807, 2.05) is 30.3 Å². The van der Waals surface area contributed by atoms with Crippen LogP contribution in [0.1, 0.15) is 27.8 Å². The van der Waals surface area contributed by atoms with Crippen molar-refractivity contribution in [2.24, 2.45) is 7.05 Å². The molecule has 0 spiro atoms. The molecule has 6 nitrogen and oxygen atoms in total. The van der Waals surface area contributed by atoms with E-state index in [2.05, 4.69) is 10.4 Å². The Balaban J connectivity index is 1.85. The van der Waals surface area contributed by atoms with E-state index < -0.39 is 5.97 Å². The van der Waals surface area contributed by atoms with E-state index >= 15 is 0 Å². The van der Waals surface area contributed by atoms with Gasteiger partial charge >= 0.3 is 5.97 Å². The number of esters is 1. The molecule has 0 saturated heterocycles. The zero-order chi connectivity index (χ0) is 18.5. The third-order valence-electron chi connectivity index (χ3n) is 3.85. The highest BCUT2D eigenvalue weighted by Crippen LogP contribution is 2.21. The number of carbonyl (C=O) groups excluding carboxylic acids is 2. The number of nitrogens with one attached hydrogen (secondary N) is 1. The van der Waals surface area contributed by atoms with Gasteiger partial charge in [0, 0.05) is 7.05 Å². The Kier molecular flexibility index (Phi) is 5.12. The van der Waals surface area contributed by atoms with Gasteiger partial charge in [0.25, 0.3) is 5.91 Å². The molecule has 0 aliphatic carbocycles. The molecule has 1 aromatic heterocycles. The number of para-hydroxylation sites is 1. The Bertz CT molecular complexity index is 932. The van der Waals surface area contributed by atoms with Crippen LogP contribution in [0.3, 0.4) is 0 Å². The maximum absolute atomic E-state index is 12.6. The van der Waals surface area contributed by atoms with Crippen LogP contribution < -0.4 is 5.32 Å². The fraction of sp³-hybridized carbons (Fsp3) is 0.150. The molecule has 6 heteroatoms. The van der Waals surface area contributed by atoms with Gasteiger partial charge in [0.05, 0.1) is 23.6 Å². The topological polar surface area (TPSA) is 73.2 Å². The van der Waals surface area contributed by atoms with Gasteiger partial charge in [-0.1, -0.05) is 42.5 Å². The number of benzene rings is 2. The fourth-order valence-corrected chi connectivity index (χ4v) is 2.62. The average Bonchev–Trinajstić information content (AvgIpc) is 3.05. The van der Waals surface area contributed by atoms with Crippen molar-refractivity contribution in [2.45, 2.75) is 6.92 Å². The lowest BCUT2D eigenvalue weighted by molar-refractivity contribution is 0.0527. The summed E-state index contributed by atoms with van der Waals surface area (Å²) in [5, 5.41) is 7.02. The van der Waals surface area contributed by atoms with E-state index in [9.17, 15) is 9.59 Å². The standard InChI is InChI=1S/C20H19N3O3/c1-3-26-20(25)15-11-7-8-12-16(15)21-19(24)17-13-18(23(2)22-17)14-9-5-4-6-10-14/h4-13H,3H2,1-2H3,(H,21,24). The third kappa shape index (κ3) is 3.64. The first-order valence-electron chi connectivity index (χ1n) is 8.27. The van der Waals surface area contributed by atoms with Gasteiger partial charge in [-0.3, -0.25) is 9.48 Å². The van der Waals surface area contributed by atoms with Crippen LogP contribution >= 0.6 is 0 Å². The second kappa shape index (κ2) is 7.65. The summed E-state index contributed by atoms with van der Waals surface area (Å²) < 4.78 is 6.68. The summed E-state index contributed by atoms with van der Waals surface area (Å²) in [4.78, 5) is 24.6. The monoisotopic (exact) mass is 349 g/mol. The summed E-state index contributed by atoms with van der Waals surface area (Å²) in [5.41, 5.74) is 2.76. The number of hydrogen-bond acceptors (Lipinski definition) is 4. The van der Waals surface area contributed by atoms with E-state index in [1.165, 1.54) is 0 Å². The van der Waals surface area contributed by atoms with E-state index in [-0.39, 0.29) is 18.2 Å². The van der Waals surface area contributed by atoms with Crippen LogP contribution in [0.25, 0.3) is 11.3 Å². The molecule has 2 aromatic carbocycles. The van der Waals surface area contributed by atoms with Crippen LogP contribution in [0.15, 0.2) is 60.7 Å². The SMILES string of the molecule is CCOC(=O)c1ccccc1NC(=O)c1cc(-c2ccccc2)n(C)n1. The average molecular weight is 349 g/mol. The first kappa shape index (κ1) is 17.4. The van der Waals surface area contributed by atoms with E-state index in [0.717, 1.165) is 11.3 Å². The lowest BCUT2D eigenvalue weighted by atomic mass is 10.1. The second-order valence-electron chi connectivity index (χ2n) is 5.62. The highest BCUT2D eigenvalue weighted by atomic mass is 16.5. The molecule has 0 saturated carbocycles. The molecule has 0 bridgehead atoms. The van der Waals surface area contributed by atoms with E-state index in [0.29, 0.717) is 11.3 Å². The largest absolute Gasteiger partial charge is 0.462 e. The van der Waals surface area contributed by atoms with Crippen LogP contribution in [-0.2, 0) is 11.8 Å². The van der Waals surface area contributed by atoms with Crippen LogP contribution in [0.2, 0.25) is 0 Å². The Morgan fingerprint density at radius 3 is 2.50 bits per heavy atom. The molecule has 0 unspecified atom stereocenters. The van der Waals surface area contributed by atoms with Gasteiger partial charge in [0.1, 0.15) is 0 Å². The molecule has 3 rings (SSSR count). The van der Waals surface area contributed by atoms with Crippen molar-refractivity contribution >= 4 is 17.6 Å². The summed E-state index contributed by atoms with van der Waals surface area (Å²) in [5.74, 6) is -0.867. The van der Waals surface area contributed by atoms with E-state index in [1.54, 1.807) is 49.0 Å². The van der Waals surface area contributed by atoms with Crippen molar-refractivity contribution in [3.63, 3.8) is 0 Å². The molecular formula is C20H19N3O3. The molecule has 0 fully saturated rings. The summed E-state index contributed by atoms with van der Waals surface area (Å²) in [6.07, 6.45) is 0. The Hall–Kier alpha value is -3.41. The summed E-state index contributed by atoms with van der Waals surface area (Å²) in [6, 6.07) is 18.1. The Labute approximate surface area is 151 Å². The first-order valence-corrected chi connectivity index (χ1v) is 8.27. The molecule has 1 amide bonds. The molecule has 1 heterocycles. The fourth-order valence-electron chi connectivity index (χ4n) is 2.62. The lowest BCUT2D eigenvalue weighted by Gasteiger charge is -2.09. The summed E-state index contributed by atoms with van der Waals surface area (Å²) in [7, 11) is 1.78. The van der Waals surface area contributed by atoms with Crippen LogP contribution in [0, 0.1) is 0 Å². The molecule has 0 atom stereocenters. The lowest BCUT2D eigenvalue weighted by Crippen LogP contribution is -2.16. The number of carbonyl (C=O) groups is 2. The van der Waals surface area contributed by atoms with Gasteiger partial charge < -0.3 is 10.1 Å². The highest BCUT2D eigenvalue weighted by Gasteiger charge is 2.18. The number of amides is 1. The predicted molar refractivity (Wildman–Crippen MR) is 99.0 cm³/mol.